The van der Waals surface area contributed by atoms with Crippen LogP contribution in [-0.4, -0.2) is 26.0 Å². The lowest BCUT2D eigenvalue weighted by Gasteiger charge is -2.22. The quantitative estimate of drug-likeness (QED) is 0.733. The highest BCUT2D eigenvalue weighted by Gasteiger charge is 2.14. The summed E-state index contributed by atoms with van der Waals surface area (Å²) < 4.78 is 0. The molecular weight excluding hydrogens is 310 g/mol. The van der Waals surface area contributed by atoms with Crippen LogP contribution in [0, 0.1) is 6.92 Å². The molecule has 0 unspecified atom stereocenters. The Morgan fingerprint density at radius 1 is 1.04 bits per heavy atom. The molecule has 0 aliphatic heterocycles. The van der Waals surface area contributed by atoms with E-state index in [9.17, 15) is 0 Å². The van der Waals surface area contributed by atoms with Gasteiger partial charge in [-0.1, -0.05) is 37.5 Å². The fourth-order valence-electron chi connectivity index (χ4n) is 3.40. The summed E-state index contributed by atoms with van der Waals surface area (Å²) in [6.45, 7) is 2.01. The predicted octanol–water partition coefficient (Wildman–Crippen LogP) is 4.59. The highest BCUT2D eigenvalue weighted by molar-refractivity contribution is 5.68. The van der Waals surface area contributed by atoms with E-state index in [0.717, 1.165) is 34.3 Å². The van der Waals surface area contributed by atoms with Crippen LogP contribution in [0.1, 0.15) is 37.8 Å². The van der Waals surface area contributed by atoms with Crippen LogP contribution in [0.2, 0.25) is 0 Å². The van der Waals surface area contributed by atoms with Gasteiger partial charge in [-0.25, -0.2) is 15.0 Å². The summed E-state index contributed by atoms with van der Waals surface area (Å²) >= 11 is 0. The van der Waals surface area contributed by atoms with Crippen molar-refractivity contribution in [3.63, 3.8) is 0 Å². The van der Waals surface area contributed by atoms with Crippen molar-refractivity contribution in [1.82, 2.24) is 19.9 Å². The predicted molar refractivity (Wildman–Crippen MR) is 100 cm³/mol. The molecular formula is C20H23N5. The molecule has 5 heteroatoms. The minimum atomic E-state index is 0.501. The second kappa shape index (κ2) is 7.05. The Hall–Kier alpha value is -2.69. The van der Waals surface area contributed by atoms with E-state index in [1.807, 2.05) is 31.5 Å². The van der Waals surface area contributed by atoms with E-state index in [-0.39, 0.29) is 0 Å². The number of nitrogens with one attached hydrogen (secondary N) is 2. The number of nitrogens with zero attached hydrogens (tertiary/aromatic N) is 3. The molecule has 0 amide bonds. The highest BCUT2D eigenvalue weighted by atomic mass is 15.1. The van der Waals surface area contributed by atoms with Crippen molar-refractivity contribution < 1.29 is 0 Å². The molecule has 0 atom stereocenters. The van der Waals surface area contributed by atoms with Crippen molar-refractivity contribution in [3.8, 4) is 22.6 Å². The SMILES string of the molecule is Cc1cnc(-c2cccc(-c3ccnc(NC4CCCCC4)n3)c2)[nH]1. The number of hydrogen-bond donors (Lipinski definition) is 2. The molecule has 0 radical (unpaired) electrons. The minimum Gasteiger partial charge on any atom is -0.351 e. The molecule has 1 aromatic carbocycles. The number of aromatic nitrogens is 4. The van der Waals surface area contributed by atoms with E-state index in [2.05, 4.69) is 38.5 Å². The number of aromatic amines is 1. The lowest BCUT2D eigenvalue weighted by atomic mass is 9.96. The molecule has 0 bridgehead atoms. The van der Waals surface area contributed by atoms with E-state index >= 15 is 0 Å². The van der Waals surface area contributed by atoms with Crippen LogP contribution in [0.15, 0.2) is 42.7 Å². The first kappa shape index (κ1) is 15.8. The zero-order valence-electron chi connectivity index (χ0n) is 14.5. The number of imidazole rings is 1. The molecule has 1 aliphatic carbocycles. The van der Waals surface area contributed by atoms with Gasteiger partial charge in [0.05, 0.1) is 5.69 Å². The summed E-state index contributed by atoms with van der Waals surface area (Å²) in [7, 11) is 0. The third-order valence-electron chi connectivity index (χ3n) is 4.73. The second-order valence-electron chi connectivity index (χ2n) is 6.74. The summed E-state index contributed by atoms with van der Waals surface area (Å²) in [6, 6.07) is 10.7. The largest absolute Gasteiger partial charge is 0.351 e. The molecule has 2 heterocycles. The second-order valence-corrected chi connectivity index (χ2v) is 6.74. The van der Waals surface area contributed by atoms with E-state index in [4.69, 9.17) is 4.98 Å². The monoisotopic (exact) mass is 333 g/mol. The van der Waals surface area contributed by atoms with Crippen LogP contribution < -0.4 is 5.32 Å². The van der Waals surface area contributed by atoms with Gasteiger partial charge in [-0.15, -0.1) is 0 Å². The van der Waals surface area contributed by atoms with Crippen LogP contribution in [0.3, 0.4) is 0 Å². The maximum absolute atomic E-state index is 4.72. The maximum atomic E-state index is 4.72. The topological polar surface area (TPSA) is 66.5 Å². The van der Waals surface area contributed by atoms with Gasteiger partial charge in [0.15, 0.2) is 0 Å². The van der Waals surface area contributed by atoms with Crippen molar-refractivity contribution in [1.29, 1.82) is 0 Å². The van der Waals surface area contributed by atoms with E-state index < -0.39 is 0 Å². The minimum absolute atomic E-state index is 0.501. The molecule has 1 aliphatic rings. The van der Waals surface area contributed by atoms with Crippen LogP contribution in [0.25, 0.3) is 22.6 Å². The Morgan fingerprint density at radius 3 is 2.68 bits per heavy atom. The summed E-state index contributed by atoms with van der Waals surface area (Å²) in [5.74, 6) is 1.61. The molecule has 2 N–H and O–H groups in total. The molecule has 1 fully saturated rings. The molecule has 128 valence electrons. The average Bonchev–Trinajstić information content (AvgIpc) is 3.09. The molecule has 4 rings (SSSR count). The van der Waals surface area contributed by atoms with Gasteiger partial charge in [-0.2, -0.15) is 0 Å². The van der Waals surface area contributed by atoms with Gasteiger partial charge < -0.3 is 10.3 Å². The van der Waals surface area contributed by atoms with Gasteiger partial charge in [0.25, 0.3) is 0 Å². The van der Waals surface area contributed by atoms with E-state index in [1.165, 1.54) is 32.1 Å². The Labute approximate surface area is 148 Å². The third-order valence-corrected chi connectivity index (χ3v) is 4.73. The smallest absolute Gasteiger partial charge is 0.223 e. The fraction of sp³-hybridized carbons (Fsp3) is 0.350. The highest BCUT2D eigenvalue weighted by Crippen LogP contribution is 2.25. The van der Waals surface area contributed by atoms with Gasteiger partial charge in [-0.3, -0.25) is 0 Å². The Morgan fingerprint density at radius 2 is 1.88 bits per heavy atom. The lowest BCUT2D eigenvalue weighted by Crippen LogP contribution is -2.23. The average molecular weight is 333 g/mol. The molecule has 0 saturated heterocycles. The van der Waals surface area contributed by atoms with Crippen molar-refractivity contribution in [3.05, 3.63) is 48.4 Å². The van der Waals surface area contributed by atoms with E-state index in [0.29, 0.717) is 6.04 Å². The van der Waals surface area contributed by atoms with Crippen LogP contribution in [-0.2, 0) is 0 Å². The van der Waals surface area contributed by atoms with E-state index in [1.54, 1.807) is 0 Å². The van der Waals surface area contributed by atoms with Gasteiger partial charge in [0, 0.05) is 35.3 Å². The van der Waals surface area contributed by atoms with Crippen molar-refractivity contribution in [2.75, 3.05) is 5.32 Å². The summed E-state index contributed by atoms with van der Waals surface area (Å²) in [5, 5.41) is 3.50. The Kier molecular flexibility index (Phi) is 4.46. The zero-order valence-corrected chi connectivity index (χ0v) is 14.5. The first-order valence-corrected chi connectivity index (χ1v) is 9.00. The number of H-pyrrole nitrogens is 1. The Bertz CT molecular complexity index is 849. The number of hydrogen-bond acceptors (Lipinski definition) is 4. The van der Waals surface area contributed by atoms with Gasteiger partial charge in [0.2, 0.25) is 5.95 Å². The molecule has 2 aromatic heterocycles. The molecule has 0 spiro atoms. The number of aryl methyl sites for hydroxylation is 1. The van der Waals surface area contributed by atoms with Gasteiger partial charge in [-0.05, 0) is 31.9 Å². The first-order chi connectivity index (χ1) is 12.3. The van der Waals surface area contributed by atoms with Crippen LogP contribution in [0.4, 0.5) is 5.95 Å². The van der Waals surface area contributed by atoms with Crippen LogP contribution >= 0.6 is 0 Å². The lowest BCUT2D eigenvalue weighted by molar-refractivity contribution is 0.461. The maximum Gasteiger partial charge on any atom is 0.223 e. The first-order valence-electron chi connectivity index (χ1n) is 9.00. The van der Waals surface area contributed by atoms with Gasteiger partial charge >= 0.3 is 0 Å². The number of anilines is 1. The molecule has 1 saturated carbocycles. The normalized spacial score (nSPS) is 15.2. The summed E-state index contributed by atoms with van der Waals surface area (Å²) in [4.78, 5) is 16.8. The Balaban J connectivity index is 1.58. The van der Waals surface area contributed by atoms with Crippen molar-refractivity contribution in [2.45, 2.75) is 45.1 Å². The summed E-state index contributed by atoms with van der Waals surface area (Å²) in [6.07, 6.45) is 10.0. The van der Waals surface area contributed by atoms with Crippen molar-refractivity contribution >= 4 is 5.95 Å². The fourth-order valence-corrected chi connectivity index (χ4v) is 3.40. The van der Waals surface area contributed by atoms with Gasteiger partial charge in [0.1, 0.15) is 5.82 Å². The molecule has 25 heavy (non-hydrogen) atoms. The van der Waals surface area contributed by atoms with Crippen LogP contribution in [0.5, 0.6) is 0 Å². The standard InChI is InChI=1S/C20H23N5/c1-14-13-22-19(23-14)16-7-5-6-15(12-16)18-10-11-21-20(25-18)24-17-8-3-2-4-9-17/h5-7,10-13,17H,2-4,8-9H2,1H3,(H,22,23)(H,21,24,25). The third kappa shape index (κ3) is 3.71. The zero-order chi connectivity index (χ0) is 17.1. The number of benzene rings is 1. The number of rotatable bonds is 4. The molecule has 3 aromatic rings. The van der Waals surface area contributed by atoms with Crippen molar-refractivity contribution in [2.24, 2.45) is 0 Å². The molecule has 5 nitrogen and oxygen atoms in total. The summed E-state index contributed by atoms with van der Waals surface area (Å²) in [5.41, 5.74) is 4.12.